The van der Waals surface area contributed by atoms with E-state index < -0.39 is 10.0 Å². The molecule has 0 N–H and O–H groups in total. The van der Waals surface area contributed by atoms with Gasteiger partial charge in [0.05, 0.1) is 18.3 Å². The van der Waals surface area contributed by atoms with Crippen LogP contribution in [-0.2, 0) is 19.6 Å². The second-order valence-corrected chi connectivity index (χ2v) is 7.38. The summed E-state index contributed by atoms with van der Waals surface area (Å²) < 4.78 is 31.1. The summed E-state index contributed by atoms with van der Waals surface area (Å²) in [6, 6.07) is 0. The van der Waals surface area contributed by atoms with Gasteiger partial charge in [0.1, 0.15) is 0 Å². The summed E-state index contributed by atoms with van der Waals surface area (Å²) in [5.41, 5.74) is 0. The summed E-state index contributed by atoms with van der Waals surface area (Å²) in [4.78, 5) is 11.5. The molecule has 0 amide bonds. The van der Waals surface area contributed by atoms with Gasteiger partial charge in [-0.2, -0.15) is 0 Å². The number of carbonyl (C=O) groups excluding carboxylic acids is 1. The molecule has 1 atom stereocenters. The number of esters is 1. The first-order chi connectivity index (χ1) is 8.55. The fourth-order valence-corrected chi connectivity index (χ4v) is 5.05. The van der Waals surface area contributed by atoms with Gasteiger partial charge in [0.25, 0.3) is 0 Å². The van der Waals surface area contributed by atoms with Crippen molar-refractivity contribution in [2.24, 2.45) is 5.92 Å². The lowest BCUT2D eigenvalue weighted by Crippen LogP contribution is -2.45. The van der Waals surface area contributed by atoms with Crippen molar-refractivity contribution in [3.8, 4) is 0 Å². The monoisotopic (exact) mass is 275 g/mol. The highest BCUT2D eigenvalue weighted by Crippen LogP contribution is 2.30. The van der Waals surface area contributed by atoms with Gasteiger partial charge >= 0.3 is 5.97 Å². The van der Waals surface area contributed by atoms with Gasteiger partial charge in [-0.3, -0.25) is 4.79 Å². The van der Waals surface area contributed by atoms with Crippen LogP contribution in [0.4, 0.5) is 0 Å². The minimum absolute atomic E-state index is 0.228. The molecule has 0 aromatic heterocycles. The van der Waals surface area contributed by atoms with E-state index in [1.807, 2.05) is 0 Å². The lowest BCUT2D eigenvalue weighted by molar-refractivity contribution is -0.146. The normalized spacial score (nSPS) is 27.3. The van der Waals surface area contributed by atoms with E-state index in [0.717, 1.165) is 38.5 Å². The summed E-state index contributed by atoms with van der Waals surface area (Å²) in [6.07, 6.45) is 4.99. The molecule has 2 fully saturated rings. The maximum absolute atomic E-state index is 12.4. The highest BCUT2D eigenvalue weighted by atomic mass is 32.2. The maximum atomic E-state index is 12.4. The topological polar surface area (TPSA) is 63.7 Å². The van der Waals surface area contributed by atoms with Crippen LogP contribution in [0.1, 0.15) is 38.5 Å². The Morgan fingerprint density at radius 3 is 2.44 bits per heavy atom. The van der Waals surface area contributed by atoms with Crippen molar-refractivity contribution in [1.82, 2.24) is 4.31 Å². The Morgan fingerprint density at radius 2 is 1.83 bits per heavy atom. The Morgan fingerprint density at radius 1 is 1.17 bits per heavy atom. The molecule has 0 radical (unpaired) electrons. The highest BCUT2D eigenvalue weighted by molar-refractivity contribution is 7.89. The SMILES string of the molecule is COC(=O)[C@H]1CCCN(S(=O)(=O)C2CCCC2)C1. The minimum atomic E-state index is -3.21. The Bertz CT molecular complexity index is 400. The largest absolute Gasteiger partial charge is 0.469 e. The molecular formula is C12H21NO4S. The summed E-state index contributed by atoms with van der Waals surface area (Å²) in [6.45, 7) is 0.845. The van der Waals surface area contributed by atoms with E-state index in [4.69, 9.17) is 4.74 Å². The third-order valence-electron chi connectivity index (χ3n) is 4.00. The van der Waals surface area contributed by atoms with E-state index in [1.54, 1.807) is 0 Å². The minimum Gasteiger partial charge on any atom is -0.469 e. The van der Waals surface area contributed by atoms with Crippen LogP contribution in [-0.4, -0.2) is 44.1 Å². The number of carbonyl (C=O) groups is 1. The molecule has 1 saturated heterocycles. The molecular weight excluding hydrogens is 254 g/mol. The molecule has 0 spiro atoms. The van der Waals surface area contributed by atoms with Crippen LogP contribution in [0.3, 0.4) is 0 Å². The van der Waals surface area contributed by atoms with Crippen molar-refractivity contribution in [2.75, 3.05) is 20.2 Å². The van der Waals surface area contributed by atoms with Gasteiger partial charge in [-0.1, -0.05) is 12.8 Å². The Labute approximate surface area is 109 Å². The van der Waals surface area contributed by atoms with Crippen molar-refractivity contribution < 1.29 is 17.9 Å². The predicted molar refractivity (Wildman–Crippen MR) is 67.5 cm³/mol. The maximum Gasteiger partial charge on any atom is 0.309 e. The Hall–Kier alpha value is -0.620. The summed E-state index contributed by atoms with van der Waals surface area (Å²) >= 11 is 0. The third kappa shape index (κ3) is 2.69. The zero-order valence-corrected chi connectivity index (χ0v) is 11.6. The average Bonchev–Trinajstić information content (AvgIpc) is 2.92. The van der Waals surface area contributed by atoms with Crippen LogP contribution in [0.25, 0.3) is 0 Å². The van der Waals surface area contributed by atoms with E-state index in [2.05, 4.69) is 0 Å². The molecule has 1 aliphatic heterocycles. The first-order valence-corrected chi connectivity index (χ1v) is 8.13. The molecule has 1 aliphatic carbocycles. The molecule has 0 unspecified atom stereocenters. The van der Waals surface area contributed by atoms with Gasteiger partial charge in [-0.25, -0.2) is 12.7 Å². The van der Waals surface area contributed by atoms with Crippen molar-refractivity contribution in [3.63, 3.8) is 0 Å². The quantitative estimate of drug-likeness (QED) is 0.725. The number of rotatable bonds is 3. The van der Waals surface area contributed by atoms with Crippen molar-refractivity contribution in [1.29, 1.82) is 0 Å². The fraction of sp³-hybridized carbons (Fsp3) is 0.917. The van der Waals surface area contributed by atoms with Crippen molar-refractivity contribution >= 4 is 16.0 Å². The molecule has 0 aromatic carbocycles. The van der Waals surface area contributed by atoms with E-state index in [9.17, 15) is 13.2 Å². The van der Waals surface area contributed by atoms with Gasteiger partial charge in [-0.05, 0) is 25.7 Å². The van der Waals surface area contributed by atoms with E-state index >= 15 is 0 Å². The first kappa shape index (κ1) is 13.8. The number of ether oxygens (including phenoxy) is 1. The molecule has 1 heterocycles. The highest BCUT2D eigenvalue weighted by Gasteiger charge is 2.38. The molecule has 6 heteroatoms. The summed E-state index contributed by atoms with van der Waals surface area (Å²) in [7, 11) is -1.86. The summed E-state index contributed by atoms with van der Waals surface area (Å²) in [5, 5.41) is -0.228. The predicted octanol–water partition coefficient (Wildman–Crippen LogP) is 1.14. The molecule has 0 aromatic rings. The average molecular weight is 275 g/mol. The first-order valence-electron chi connectivity index (χ1n) is 6.62. The lowest BCUT2D eigenvalue weighted by atomic mass is 10.0. The van der Waals surface area contributed by atoms with Crippen LogP contribution in [0.15, 0.2) is 0 Å². The van der Waals surface area contributed by atoms with Gasteiger partial charge in [0.15, 0.2) is 0 Å². The van der Waals surface area contributed by atoms with Crippen molar-refractivity contribution in [3.05, 3.63) is 0 Å². The zero-order chi connectivity index (χ0) is 13.2. The molecule has 2 rings (SSSR count). The van der Waals surface area contributed by atoms with Gasteiger partial charge in [-0.15, -0.1) is 0 Å². The number of piperidine rings is 1. The molecule has 5 nitrogen and oxygen atoms in total. The van der Waals surface area contributed by atoms with Crippen LogP contribution >= 0.6 is 0 Å². The zero-order valence-electron chi connectivity index (χ0n) is 10.8. The van der Waals surface area contributed by atoms with Crippen LogP contribution in [0.2, 0.25) is 0 Å². The van der Waals surface area contributed by atoms with Gasteiger partial charge < -0.3 is 4.74 Å². The number of nitrogens with zero attached hydrogens (tertiary/aromatic N) is 1. The Balaban J connectivity index is 2.06. The van der Waals surface area contributed by atoms with Crippen molar-refractivity contribution in [2.45, 2.75) is 43.8 Å². The lowest BCUT2D eigenvalue weighted by Gasteiger charge is -2.32. The number of hydrogen-bond donors (Lipinski definition) is 0. The molecule has 0 bridgehead atoms. The molecule has 104 valence electrons. The standard InChI is InChI=1S/C12H21NO4S/c1-17-12(14)10-5-4-8-13(9-10)18(15,16)11-6-2-3-7-11/h10-11H,2-9H2,1H3/t10-/m0/s1. The molecule has 2 aliphatic rings. The summed E-state index contributed by atoms with van der Waals surface area (Å²) in [5.74, 6) is -0.582. The second kappa shape index (κ2) is 5.57. The van der Waals surface area contributed by atoms with Crippen LogP contribution < -0.4 is 0 Å². The van der Waals surface area contributed by atoms with E-state index in [0.29, 0.717) is 13.1 Å². The van der Waals surface area contributed by atoms with E-state index in [1.165, 1.54) is 11.4 Å². The molecule has 18 heavy (non-hydrogen) atoms. The fourth-order valence-electron chi connectivity index (χ4n) is 2.93. The number of sulfonamides is 1. The molecule has 1 saturated carbocycles. The number of hydrogen-bond acceptors (Lipinski definition) is 4. The smallest absolute Gasteiger partial charge is 0.309 e. The van der Waals surface area contributed by atoms with Crippen LogP contribution in [0, 0.1) is 5.92 Å². The third-order valence-corrected chi connectivity index (χ3v) is 6.37. The number of methoxy groups -OCH3 is 1. The van der Waals surface area contributed by atoms with E-state index in [-0.39, 0.29) is 17.1 Å². The van der Waals surface area contributed by atoms with Gasteiger partial charge in [0.2, 0.25) is 10.0 Å². The Kier molecular flexibility index (Phi) is 4.27. The van der Waals surface area contributed by atoms with Crippen LogP contribution in [0.5, 0.6) is 0 Å². The van der Waals surface area contributed by atoms with Gasteiger partial charge in [0, 0.05) is 13.1 Å². The second-order valence-electron chi connectivity index (χ2n) is 5.17.